The highest BCUT2D eigenvalue weighted by Crippen LogP contribution is 2.21. The predicted octanol–water partition coefficient (Wildman–Crippen LogP) is 0.504. The van der Waals surface area contributed by atoms with Gasteiger partial charge in [0.1, 0.15) is 0 Å². The van der Waals surface area contributed by atoms with Gasteiger partial charge >= 0.3 is 0 Å². The summed E-state index contributed by atoms with van der Waals surface area (Å²) in [7, 11) is 5.62. The second-order valence-corrected chi connectivity index (χ2v) is 5.38. The molecule has 0 fully saturated rings. The second kappa shape index (κ2) is 8.01. The smallest absolute Gasteiger partial charge is 0.166 e. The minimum absolute atomic E-state index is 0.0675. The van der Waals surface area contributed by atoms with Crippen LogP contribution in [0.15, 0.2) is 18.2 Å². The number of nitrogens with one attached hydrogen (secondary N) is 3. The lowest BCUT2D eigenvalue weighted by atomic mass is 10.1. The van der Waals surface area contributed by atoms with Gasteiger partial charge in [-0.2, -0.15) is 0 Å². The summed E-state index contributed by atoms with van der Waals surface area (Å²) in [6.07, 6.45) is 0. The summed E-state index contributed by atoms with van der Waals surface area (Å²) in [5.74, 6) is -0.121. The Morgan fingerprint density at radius 2 is 2.15 bits per heavy atom. The Morgan fingerprint density at radius 3 is 2.70 bits per heavy atom. The van der Waals surface area contributed by atoms with Crippen LogP contribution in [0.4, 0.5) is 4.39 Å². The summed E-state index contributed by atoms with van der Waals surface area (Å²) in [5.41, 5.74) is 0.825. The molecule has 0 aliphatic rings. The molecule has 0 amide bonds. The SMILES string of the molecule is COc1ccc([C@@H](C)NC(=S)NCC[NH+](C)C)cc1F. The van der Waals surface area contributed by atoms with Gasteiger partial charge < -0.3 is 20.3 Å². The number of benzene rings is 1. The number of hydrogen-bond acceptors (Lipinski definition) is 2. The van der Waals surface area contributed by atoms with Crippen LogP contribution in [0.3, 0.4) is 0 Å². The van der Waals surface area contributed by atoms with Gasteiger partial charge in [-0.05, 0) is 36.8 Å². The van der Waals surface area contributed by atoms with E-state index in [1.165, 1.54) is 18.1 Å². The van der Waals surface area contributed by atoms with E-state index in [1.807, 2.05) is 13.0 Å². The van der Waals surface area contributed by atoms with Gasteiger partial charge in [0.25, 0.3) is 0 Å². The molecule has 112 valence electrons. The molecule has 1 atom stereocenters. The van der Waals surface area contributed by atoms with Crippen molar-refractivity contribution in [2.45, 2.75) is 13.0 Å². The van der Waals surface area contributed by atoms with Gasteiger partial charge in [-0.25, -0.2) is 4.39 Å². The zero-order valence-corrected chi connectivity index (χ0v) is 13.2. The van der Waals surface area contributed by atoms with Gasteiger partial charge in [-0.15, -0.1) is 0 Å². The third kappa shape index (κ3) is 5.30. The average molecular weight is 300 g/mol. The molecule has 0 aliphatic heterocycles. The molecule has 4 nitrogen and oxygen atoms in total. The molecule has 0 bridgehead atoms. The van der Waals surface area contributed by atoms with Crippen molar-refractivity contribution in [2.75, 3.05) is 34.3 Å². The first-order valence-corrected chi connectivity index (χ1v) is 7.01. The molecule has 0 radical (unpaired) electrons. The van der Waals surface area contributed by atoms with Crippen LogP contribution in [0.25, 0.3) is 0 Å². The molecule has 0 aromatic heterocycles. The van der Waals surface area contributed by atoms with Crippen molar-refractivity contribution < 1.29 is 14.0 Å². The molecule has 0 heterocycles. The Hall–Kier alpha value is -1.40. The lowest BCUT2D eigenvalue weighted by Gasteiger charge is -2.18. The fraction of sp³-hybridized carbons (Fsp3) is 0.500. The first-order chi connectivity index (χ1) is 9.43. The van der Waals surface area contributed by atoms with E-state index in [0.29, 0.717) is 5.11 Å². The molecule has 0 unspecified atom stereocenters. The summed E-state index contributed by atoms with van der Waals surface area (Å²) in [6.45, 7) is 3.72. The van der Waals surface area contributed by atoms with Gasteiger partial charge in [0.2, 0.25) is 0 Å². The Balaban J connectivity index is 2.51. The number of hydrogen-bond donors (Lipinski definition) is 3. The number of rotatable bonds is 6. The number of quaternary nitrogens is 1. The first-order valence-electron chi connectivity index (χ1n) is 6.61. The predicted molar refractivity (Wildman–Crippen MR) is 82.8 cm³/mol. The Labute approximate surface area is 125 Å². The van der Waals surface area contributed by atoms with Gasteiger partial charge in [0.05, 0.1) is 40.3 Å². The van der Waals surface area contributed by atoms with E-state index < -0.39 is 0 Å². The van der Waals surface area contributed by atoms with E-state index in [9.17, 15) is 4.39 Å². The molecule has 0 saturated carbocycles. The maximum Gasteiger partial charge on any atom is 0.166 e. The van der Waals surface area contributed by atoms with Crippen LogP contribution in [0.1, 0.15) is 18.5 Å². The molecule has 0 aliphatic carbocycles. The molecule has 1 aromatic carbocycles. The molecule has 0 spiro atoms. The number of ether oxygens (including phenoxy) is 1. The Morgan fingerprint density at radius 1 is 1.45 bits per heavy atom. The third-order valence-corrected chi connectivity index (χ3v) is 3.20. The van der Waals surface area contributed by atoms with Crippen molar-refractivity contribution in [1.29, 1.82) is 0 Å². The topological polar surface area (TPSA) is 37.7 Å². The van der Waals surface area contributed by atoms with Gasteiger partial charge in [-0.1, -0.05) is 6.07 Å². The summed E-state index contributed by atoms with van der Waals surface area (Å²) >= 11 is 5.21. The first kappa shape index (κ1) is 16.7. The normalized spacial score (nSPS) is 12.1. The Bertz CT molecular complexity index is 454. The maximum atomic E-state index is 13.6. The van der Waals surface area contributed by atoms with Crippen molar-refractivity contribution in [3.05, 3.63) is 29.6 Å². The van der Waals surface area contributed by atoms with Crippen molar-refractivity contribution in [3.63, 3.8) is 0 Å². The number of methoxy groups -OCH3 is 1. The van der Waals surface area contributed by atoms with Gasteiger partial charge in [-0.3, -0.25) is 0 Å². The fourth-order valence-corrected chi connectivity index (χ4v) is 1.99. The maximum absolute atomic E-state index is 13.6. The summed E-state index contributed by atoms with van der Waals surface area (Å²) in [4.78, 5) is 1.35. The minimum atomic E-state index is -0.367. The summed E-state index contributed by atoms with van der Waals surface area (Å²) < 4.78 is 18.5. The van der Waals surface area contributed by atoms with Gasteiger partial charge in [0, 0.05) is 0 Å². The molecule has 3 N–H and O–H groups in total. The monoisotopic (exact) mass is 300 g/mol. The number of likely N-dealkylation sites (N-methyl/N-ethyl adjacent to an activating group) is 1. The second-order valence-electron chi connectivity index (χ2n) is 4.97. The van der Waals surface area contributed by atoms with Crippen LogP contribution in [0.5, 0.6) is 5.75 Å². The van der Waals surface area contributed by atoms with E-state index in [0.717, 1.165) is 18.7 Å². The van der Waals surface area contributed by atoms with E-state index in [4.69, 9.17) is 17.0 Å². The highest BCUT2D eigenvalue weighted by atomic mass is 32.1. The van der Waals surface area contributed by atoms with Crippen molar-refractivity contribution in [2.24, 2.45) is 0 Å². The molecule has 20 heavy (non-hydrogen) atoms. The standard InChI is InChI=1S/C14H22FN3OS/c1-10(17-14(20)16-7-8-18(2)3)11-5-6-13(19-4)12(15)9-11/h5-6,9-10H,7-8H2,1-4H3,(H2,16,17,20)/p+1/t10-/m1/s1. The van der Waals surface area contributed by atoms with Crippen LogP contribution < -0.4 is 20.3 Å². The van der Waals surface area contributed by atoms with E-state index >= 15 is 0 Å². The number of halogens is 1. The summed E-state index contributed by atoms with van der Waals surface area (Å²) in [5, 5.41) is 6.85. The van der Waals surface area contributed by atoms with E-state index in [2.05, 4.69) is 24.7 Å². The van der Waals surface area contributed by atoms with E-state index in [1.54, 1.807) is 6.07 Å². The lowest BCUT2D eigenvalue weighted by Crippen LogP contribution is -3.06. The van der Waals surface area contributed by atoms with Crippen LogP contribution in [0.2, 0.25) is 0 Å². The third-order valence-electron chi connectivity index (χ3n) is 2.93. The minimum Gasteiger partial charge on any atom is -0.494 e. The largest absolute Gasteiger partial charge is 0.494 e. The zero-order chi connectivity index (χ0) is 15.1. The quantitative estimate of drug-likeness (QED) is 0.669. The molecule has 1 aromatic rings. The zero-order valence-electron chi connectivity index (χ0n) is 12.4. The lowest BCUT2D eigenvalue weighted by molar-refractivity contribution is -0.856. The fourth-order valence-electron chi connectivity index (χ4n) is 1.71. The molecule has 6 heteroatoms. The van der Waals surface area contributed by atoms with Crippen molar-refractivity contribution in [3.8, 4) is 5.75 Å². The van der Waals surface area contributed by atoms with Crippen LogP contribution in [-0.2, 0) is 0 Å². The molecule has 0 saturated heterocycles. The van der Waals surface area contributed by atoms with E-state index in [-0.39, 0.29) is 17.6 Å². The van der Waals surface area contributed by atoms with Gasteiger partial charge in [0.15, 0.2) is 16.7 Å². The highest BCUT2D eigenvalue weighted by molar-refractivity contribution is 7.80. The average Bonchev–Trinajstić information content (AvgIpc) is 2.38. The molecule has 1 rings (SSSR count). The van der Waals surface area contributed by atoms with Crippen molar-refractivity contribution in [1.82, 2.24) is 10.6 Å². The highest BCUT2D eigenvalue weighted by Gasteiger charge is 2.10. The Kier molecular flexibility index (Phi) is 6.67. The van der Waals surface area contributed by atoms with Crippen LogP contribution in [-0.4, -0.2) is 39.4 Å². The van der Waals surface area contributed by atoms with Crippen LogP contribution in [0, 0.1) is 5.82 Å². The van der Waals surface area contributed by atoms with Crippen LogP contribution >= 0.6 is 12.2 Å². The van der Waals surface area contributed by atoms with Crippen molar-refractivity contribution >= 4 is 17.3 Å². The summed E-state index contributed by atoms with van der Waals surface area (Å²) in [6, 6.07) is 4.84. The molecular weight excluding hydrogens is 277 g/mol. The molecular formula is C14H23FN3OS+. The number of thiocarbonyl (C=S) groups is 1.